The second-order valence-electron chi connectivity index (χ2n) is 5.33. The van der Waals surface area contributed by atoms with E-state index in [9.17, 15) is 0 Å². The van der Waals surface area contributed by atoms with Gasteiger partial charge in [0.05, 0.1) is 23.5 Å². The topological polar surface area (TPSA) is 57.0 Å². The van der Waals surface area contributed by atoms with Crippen molar-refractivity contribution in [1.82, 2.24) is 5.06 Å². The van der Waals surface area contributed by atoms with E-state index in [1.54, 1.807) is 26.4 Å². The molecule has 120 valence electrons. The molecule has 0 heterocycles. The van der Waals surface area contributed by atoms with E-state index in [1.807, 2.05) is 25.1 Å². The minimum absolute atomic E-state index is 0.0418. The number of methoxy groups -OCH3 is 2. The zero-order valence-electron chi connectivity index (χ0n) is 13.7. The first kappa shape index (κ1) is 18.3. The normalized spacial score (nSPS) is 17.6. The zero-order valence-corrected chi connectivity index (χ0v) is 15.7. The molecule has 0 spiro atoms. The second-order valence-corrected chi connectivity index (χ2v) is 6.76. The van der Waals surface area contributed by atoms with Gasteiger partial charge < -0.3 is 15.2 Å². The van der Waals surface area contributed by atoms with Crippen LogP contribution in [-0.4, -0.2) is 60.7 Å². The fourth-order valence-electron chi connectivity index (χ4n) is 2.32. The molecule has 1 aromatic rings. The van der Waals surface area contributed by atoms with Crippen LogP contribution < -0.4 is 5.73 Å². The number of nitrogens with zero attached hydrogens (tertiary/aromatic N) is 1. The van der Waals surface area contributed by atoms with E-state index in [0.717, 1.165) is 16.7 Å². The monoisotopic (exact) mass is 312 g/mol. The van der Waals surface area contributed by atoms with Crippen molar-refractivity contribution >= 4 is 10.2 Å². The molecular weight excluding hydrogens is 284 g/mol. The molecule has 1 rings (SSSR count). The van der Waals surface area contributed by atoms with E-state index in [2.05, 4.69) is 12.1 Å². The summed E-state index contributed by atoms with van der Waals surface area (Å²) in [7, 11) is 5.73. The third-order valence-electron chi connectivity index (χ3n) is 3.98. The summed E-state index contributed by atoms with van der Waals surface area (Å²) in [5, 5.41) is 1.25. The third-order valence-corrected chi connectivity index (χ3v) is 5.70. The Balaban J connectivity index is 2.72. The summed E-state index contributed by atoms with van der Waals surface area (Å²) in [4.78, 5) is 5.52. The molecule has 5 nitrogen and oxygen atoms in total. The number of nitrogens with two attached hydrogens (primary N) is 1. The predicted molar refractivity (Wildman–Crippen MR) is 88.0 cm³/mol. The Morgan fingerprint density at radius 3 is 2.33 bits per heavy atom. The van der Waals surface area contributed by atoms with Crippen molar-refractivity contribution in [2.45, 2.75) is 30.8 Å². The third kappa shape index (κ3) is 4.88. The number of rotatable bonds is 9. The van der Waals surface area contributed by atoms with Gasteiger partial charge in [0.25, 0.3) is 0 Å². The van der Waals surface area contributed by atoms with E-state index in [4.69, 9.17) is 20.0 Å². The van der Waals surface area contributed by atoms with Crippen molar-refractivity contribution < 1.29 is 14.3 Å². The molecule has 0 amide bonds. The highest BCUT2D eigenvalue weighted by molar-refractivity contribution is 6.14. The number of hydrogen-bond donors (Lipinski definition) is 1. The van der Waals surface area contributed by atoms with Crippen LogP contribution in [0.15, 0.2) is 30.3 Å². The average molecular weight is 312 g/mol. The molecule has 0 aliphatic rings. The van der Waals surface area contributed by atoms with Crippen LogP contribution in [0.4, 0.5) is 0 Å². The Labute approximate surface area is 130 Å². The first-order valence-electron chi connectivity index (χ1n) is 7.17. The molecule has 1 aromatic carbocycles. The first-order chi connectivity index (χ1) is 9.97. The summed E-state index contributed by atoms with van der Waals surface area (Å²) in [5.74, 6) is 0. The second kappa shape index (κ2) is 8.62. The van der Waals surface area contributed by atoms with Crippen LogP contribution >= 0.6 is 0 Å². The summed E-state index contributed by atoms with van der Waals surface area (Å²) in [6, 6.07) is 10.2. The minimum Gasteiger partial charge on any atom is -0.378 e. The smallest absolute Gasteiger partial charge is 0.144 e. The Morgan fingerprint density at radius 1 is 1.24 bits per heavy atom. The Kier molecular flexibility index (Phi) is 7.51. The molecule has 0 saturated carbocycles. The van der Waals surface area contributed by atoms with Gasteiger partial charge in [0.15, 0.2) is 0 Å². The maximum absolute atomic E-state index is 6.27. The molecule has 2 N–H and O–H groups in total. The summed E-state index contributed by atoms with van der Waals surface area (Å²) in [6.07, 6.45) is 0.696. The van der Waals surface area contributed by atoms with E-state index in [0.29, 0.717) is 6.54 Å². The van der Waals surface area contributed by atoms with Crippen molar-refractivity contribution in [2.24, 2.45) is 5.73 Å². The van der Waals surface area contributed by atoms with Crippen molar-refractivity contribution in [3.05, 3.63) is 35.9 Å². The molecule has 3 unspecified atom stereocenters. The molecule has 0 fully saturated rings. The van der Waals surface area contributed by atoms with Gasteiger partial charge in [0.1, 0.15) is 5.35 Å². The lowest BCUT2D eigenvalue weighted by Crippen LogP contribution is -2.60. The van der Waals surface area contributed by atoms with Gasteiger partial charge in [0, 0.05) is 26.8 Å². The van der Waals surface area contributed by atoms with Gasteiger partial charge in [-0.15, -0.1) is 0 Å². The highest BCUT2D eigenvalue weighted by Crippen LogP contribution is 2.20. The van der Waals surface area contributed by atoms with Gasteiger partial charge in [-0.25, -0.2) is 0 Å². The molecule has 0 radical (unpaired) electrons. The highest BCUT2D eigenvalue weighted by Gasteiger charge is 2.39. The van der Waals surface area contributed by atoms with Crippen LogP contribution in [0.2, 0.25) is 0 Å². The zero-order chi connectivity index (χ0) is 15.9. The van der Waals surface area contributed by atoms with Crippen molar-refractivity contribution in [2.75, 3.05) is 27.9 Å². The molecule has 0 aromatic heterocycles. The van der Waals surface area contributed by atoms with Crippen LogP contribution in [0.3, 0.4) is 0 Å². The highest BCUT2D eigenvalue weighted by atomic mass is 28.1. The van der Waals surface area contributed by atoms with Gasteiger partial charge in [-0.1, -0.05) is 30.3 Å². The van der Waals surface area contributed by atoms with Gasteiger partial charge in [0.2, 0.25) is 0 Å². The number of ether oxygens (including phenoxy) is 2. The lowest BCUT2D eigenvalue weighted by molar-refractivity contribution is -0.282. The predicted octanol–water partition coefficient (Wildman–Crippen LogP) is 0.120. The van der Waals surface area contributed by atoms with Gasteiger partial charge in [-0.2, -0.15) is 5.06 Å². The van der Waals surface area contributed by atoms with Crippen molar-refractivity contribution in [3.8, 4) is 0 Å². The Morgan fingerprint density at radius 2 is 1.86 bits per heavy atom. The standard InChI is InChI=1S/C15H28N2O3Si/c1-12(18-2)15(21,19-3)17(20-4)11-14(16)10-13-8-6-5-7-9-13/h5-9,12,14H,10-11,16H2,1-4,21H3. The summed E-state index contributed by atoms with van der Waals surface area (Å²) >= 11 is 0. The van der Waals surface area contributed by atoms with Crippen LogP contribution in [0.5, 0.6) is 0 Å². The molecule has 0 aliphatic heterocycles. The fraction of sp³-hybridized carbons (Fsp3) is 0.600. The van der Waals surface area contributed by atoms with Crippen molar-refractivity contribution in [1.29, 1.82) is 0 Å². The lowest BCUT2D eigenvalue weighted by Gasteiger charge is -2.42. The summed E-state index contributed by atoms with van der Waals surface area (Å²) in [6.45, 7) is 2.56. The Bertz CT molecular complexity index is 407. The maximum atomic E-state index is 6.27. The maximum Gasteiger partial charge on any atom is 0.144 e. The molecule has 3 atom stereocenters. The molecule has 6 heteroatoms. The van der Waals surface area contributed by atoms with Crippen LogP contribution in [0, 0.1) is 0 Å². The van der Waals surface area contributed by atoms with E-state index < -0.39 is 5.35 Å². The van der Waals surface area contributed by atoms with Gasteiger partial charge in [-0.3, -0.25) is 4.84 Å². The molecule has 0 bridgehead atoms. The SMILES string of the molecule is COC(C)C([SiH3])(OC)N(CC(N)Cc1ccccc1)OC. The summed E-state index contributed by atoms with van der Waals surface area (Å²) in [5.41, 5.74) is 7.49. The van der Waals surface area contributed by atoms with Gasteiger partial charge >= 0.3 is 0 Å². The number of hydrogen-bond acceptors (Lipinski definition) is 5. The van der Waals surface area contributed by atoms with E-state index in [1.165, 1.54) is 5.56 Å². The van der Waals surface area contributed by atoms with Crippen LogP contribution in [0.25, 0.3) is 0 Å². The number of benzene rings is 1. The van der Waals surface area contributed by atoms with E-state index in [-0.39, 0.29) is 12.1 Å². The quantitative estimate of drug-likeness (QED) is 0.399. The van der Waals surface area contributed by atoms with Crippen LogP contribution in [0.1, 0.15) is 12.5 Å². The molecule has 0 aliphatic carbocycles. The minimum atomic E-state index is -0.558. The van der Waals surface area contributed by atoms with E-state index >= 15 is 0 Å². The van der Waals surface area contributed by atoms with Crippen LogP contribution in [-0.2, 0) is 20.7 Å². The lowest BCUT2D eigenvalue weighted by atomic mass is 10.1. The molecular formula is C15H28N2O3Si. The largest absolute Gasteiger partial charge is 0.378 e. The molecule has 21 heavy (non-hydrogen) atoms. The fourth-order valence-corrected chi connectivity index (χ4v) is 2.92. The Hall–Kier alpha value is -0.763. The summed E-state index contributed by atoms with van der Waals surface area (Å²) < 4.78 is 11.1. The first-order valence-corrected chi connectivity index (χ1v) is 8.17. The average Bonchev–Trinajstić information content (AvgIpc) is 2.51. The van der Waals surface area contributed by atoms with Gasteiger partial charge in [-0.05, 0) is 18.9 Å². The molecule has 0 saturated heterocycles. The van der Waals surface area contributed by atoms with Crippen molar-refractivity contribution in [3.63, 3.8) is 0 Å². The number of hydroxylamine groups is 2.